The van der Waals surface area contributed by atoms with Gasteiger partial charge in [0.05, 0.1) is 24.5 Å². The number of aryl methyl sites for hydroxylation is 2. The number of ether oxygens (including phenoxy) is 2. The van der Waals surface area contributed by atoms with Crippen molar-refractivity contribution in [2.45, 2.75) is 65.1 Å². The molecule has 0 radical (unpaired) electrons. The number of benzene rings is 2. The molecule has 0 spiro atoms. The number of aromatic nitrogens is 2. The molecular formula is C33H35ClF2N6O6. The summed E-state index contributed by atoms with van der Waals surface area (Å²) in [6, 6.07) is 6.30. The first-order valence-corrected chi connectivity index (χ1v) is 15.6. The topological polar surface area (TPSA) is 146 Å². The van der Waals surface area contributed by atoms with Gasteiger partial charge >= 0.3 is 12.2 Å². The number of halogens is 3. The van der Waals surface area contributed by atoms with Gasteiger partial charge in [0.2, 0.25) is 5.91 Å². The standard InChI is InChI=1S/C33H35ClF2N6O6/c1-18-13-22(35)27(23(36)14-18)30(44)40-42(32(46)47-20-16-41(17-20)31(45)48-33(2,3)4)19-11-12-21-24(15-19)37-26(43)10-8-6-5-7-9-25-38-28(21)29(34)39-25/h5-6,11-15,20H,7-10,16-17H2,1-4H3,(H,37,43)(H,38,39)(H,40,44). The minimum atomic E-state index is -1.27. The molecule has 2 aromatic carbocycles. The minimum absolute atomic E-state index is 0.0122. The lowest BCUT2D eigenvalue weighted by Gasteiger charge is -2.39. The lowest BCUT2D eigenvalue weighted by Crippen LogP contribution is -2.58. The second-order valence-corrected chi connectivity index (χ2v) is 12.8. The quantitative estimate of drug-likeness (QED) is 0.212. The maximum absolute atomic E-state index is 14.8. The van der Waals surface area contributed by atoms with Gasteiger partial charge in [-0.1, -0.05) is 23.8 Å². The Morgan fingerprint density at radius 3 is 2.40 bits per heavy atom. The molecular weight excluding hydrogens is 650 g/mol. The van der Waals surface area contributed by atoms with Gasteiger partial charge in [-0.2, -0.15) is 5.01 Å². The number of likely N-dealkylation sites (tertiary alicyclic amines) is 1. The molecule has 2 aliphatic heterocycles. The van der Waals surface area contributed by atoms with Gasteiger partial charge in [0.15, 0.2) is 0 Å². The van der Waals surface area contributed by atoms with Crippen LogP contribution in [-0.2, 0) is 20.7 Å². The van der Waals surface area contributed by atoms with Gasteiger partial charge in [0.25, 0.3) is 5.91 Å². The predicted octanol–water partition coefficient (Wildman–Crippen LogP) is 6.45. The van der Waals surface area contributed by atoms with E-state index in [1.165, 1.54) is 30.0 Å². The van der Waals surface area contributed by atoms with Crippen LogP contribution in [0.2, 0.25) is 5.15 Å². The van der Waals surface area contributed by atoms with E-state index in [1.807, 2.05) is 12.2 Å². The van der Waals surface area contributed by atoms with Gasteiger partial charge in [-0.15, -0.1) is 0 Å². The van der Waals surface area contributed by atoms with E-state index in [9.17, 15) is 28.0 Å². The average molecular weight is 685 g/mol. The SMILES string of the molecule is Cc1cc(F)c(C(=O)NN(C(=O)OC2CN(C(=O)OC(C)(C)C)C2)c2ccc3c(c2)NC(=O)CCC=CCCc2nc-3c(Cl)[nH]2)c(F)c1. The summed E-state index contributed by atoms with van der Waals surface area (Å²) >= 11 is 6.50. The molecule has 4 amide bonds. The van der Waals surface area contributed by atoms with Crippen molar-refractivity contribution in [2.24, 2.45) is 0 Å². The highest BCUT2D eigenvalue weighted by molar-refractivity contribution is 6.32. The molecule has 1 saturated heterocycles. The van der Waals surface area contributed by atoms with Crippen LogP contribution in [0.5, 0.6) is 0 Å². The van der Waals surface area contributed by atoms with Gasteiger partial charge in [0, 0.05) is 18.4 Å². The molecule has 3 aromatic rings. The van der Waals surface area contributed by atoms with Crippen LogP contribution in [0.3, 0.4) is 0 Å². The molecule has 5 rings (SSSR count). The maximum atomic E-state index is 14.8. The van der Waals surface area contributed by atoms with Gasteiger partial charge < -0.3 is 24.7 Å². The third-order valence-electron chi connectivity index (χ3n) is 7.33. The Hall–Kier alpha value is -4.98. The summed E-state index contributed by atoms with van der Waals surface area (Å²) in [5, 5.41) is 3.71. The van der Waals surface area contributed by atoms with Crippen LogP contribution in [-0.4, -0.2) is 63.7 Å². The summed E-state index contributed by atoms with van der Waals surface area (Å²) in [5.41, 5.74) is 1.76. The fourth-order valence-corrected chi connectivity index (χ4v) is 5.29. The van der Waals surface area contributed by atoms with E-state index in [0.717, 1.165) is 12.1 Å². The van der Waals surface area contributed by atoms with E-state index < -0.39 is 47.0 Å². The Kier molecular flexibility index (Phi) is 10.0. The number of nitrogens with zero attached hydrogens (tertiary/aromatic N) is 3. The second-order valence-electron chi connectivity index (χ2n) is 12.4. The van der Waals surface area contributed by atoms with E-state index in [0.29, 0.717) is 41.4 Å². The largest absolute Gasteiger partial charge is 0.444 e. The van der Waals surface area contributed by atoms with Gasteiger partial charge in [-0.05, 0) is 76.4 Å². The third-order valence-corrected chi connectivity index (χ3v) is 7.60. The normalized spacial score (nSPS) is 15.1. The van der Waals surface area contributed by atoms with Crippen LogP contribution in [0, 0.1) is 18.6 Å². The molecule has 15 heteroatoms. The number of hydrogen-bond acceptors (Lipinski definition) is 7. The van der Waals surface area contributed by atoms with Gasteiger partial charge in [-0.25, -0.2) is 23.4 Å². The number of imidazole rings is 1. The number of anilines is 2. The zero-order valence-electron chi connectivity index (χ0n) is 26.8. The average Bonchev–Trinajstić information content (AvgIpc) is 3.33. The molecule has 0 unspecified atom stereocenters. The number of H-pyrrole nitrogens is 1. The first-order chi connectivity index (χ1) is 22.7. The van der Waals surface area contributed by atoms with Crippen LogP contribution in [0.25, 0.3) is 11.3 Å². The van der Waals surface area contributed by atoms with E-state index in [2.05, 4.69) is 20.7 Å². The molecule has 2 bridgehead atoms. The monoisotopic (exact) mass is 684 g/mol. The van der Waals surface area contributed by atoms with E-state index in [4.69, 9.17) is 21.1 Å². The van der Waals surface area contributed by atoms with Crippen LogP contribution in [0.15, 0.2) is 42.5 Å². The van der Waals surface area contributed by atoms with Gasteiger partial charge in [-0.3, -0.25) is 15.0 Å². The van der Waals surface area contributed by atoms with E-state index in [1.54, 1.807) is 20.8 Å². The molecule has 48 heavy (non-hydrogen) atoms. The molecule has 1 fully saturated rings. The van der Waals surface area contributed by atoms with Crippen molar-refractivity contribution in [1.82, 2.24) is 20.3 Å². The number of fused-ring (bicyclic) bond motifs is 4. The van der Waals surface area contributed by atoms with Crippen LogP contribution >= 0.6 is 11.6 Å². The zero-order valence-corrected chi connectivity index (χ0v) is 27.5. The van der Waals surface area contributed by atoms with Crippen molar-refractivity contribution < 1.29 is 37.4 Å². The molecule has 0 aliphatic carbocycles. The zero-order chi connectivity index (χ0) is 34.7. The second kappa shape index (κ2) is 14.0. The summed E-state index contributed by atoms with van der Waals surface area (Å²) < 4.78 is 40.5. The molecule has 0 saturated carbocycles. The number of carbonyl (C=O) groups excluding carboxylic acids is 4. The number of hydrazine groups is 1. The molecule has 254 valence electrons. The van der Waals surface area contributed by atoms with E-state index >= 15 is 0 Å². The minimum Gasteiger partial charge on any atom is -0.444 e. The van der Waals surface area contributed by atoms with Crippen molar-refractivity contribution in [3.8, 4) is 11.3 Å². The Morgan fingerprint density at radius 1 is 1.06 bits per heavy atom. The summed E-state index contributed by atoms with van der Waals surface area (Å²) in [6.07, 6.45) is 3.26. The lowest BCUT2D eigenvalue weighted by atomic mass is 10.1. The Labute approximate surface area is 280 Å². The number of allylic oxidation sites excluding steroid dienone is 2. The number of amides is 4. The van der Waals surface area contributed by atoms with Crippen molar-refractivity contribution in [3.05, 3.63) is 76.2 Å². The Bertz CT molecular complexity index is 1760. The fraction of sp³-hybridized carbons (Fsp3) is 0.364. The first kappa shape index (κ1) is 34.4. The first-order valence-electron chi connectivity index (χ1n) is 15.3. The smallest absolute Gasteiger partial charge is 0.433 e. The molecule has 0 atom stereocenters. The van der Waals surface area contributed by atoms with Crippen LogP contribution < -0.4 is 15.8 Å². The van der Waals surface area contributed by atoms with Crippen LogP contribution in [0.4, 0.5) is 29.7 Å². The van der Waals surface area contributed by atoms with Crippen molar-refractivity contribution in [1.29, 1.82) is 0 Å². The summed E-state index contributed by atoms with van der Waals surface area (Å²) in [6.45, 7) is 6.64. The van der Waals surface area contributed by atoms with Crippen molar-refractivity contribution in [2.75, 3.05) is 23.4 Å². The van der Waals surface area contributed by atoms with Crippen LogP contribution in [0.1, 0.15) is 61.8 Å². The lowest BCUT2D eigenvalue weighted by molar-refractivity contribution is -0.116. The highest BCUT2D eigenvalue weighted by atomic mass is 35.5. The summed E-state index contributed by atoms with van der Waals surface area (Å²) in [5.74, 6) is -3.26. The molecule has 12 nitrogen and oxygen atoms in total. The summed E-state index contributed by atoms with van der Waals surface area (Å²) in [4.78, 5) is 61.1. The van der Waals surface area contributed by atoms with Crippen molar-refractivity contribution >= 4 is 47.0 Å². The van der Waals surface area contributed by atoms with Gasteiger partial charge in [0.1, 0.15) is 45.6 Å². The Balaban J connectivity index is 1.48. The third kappa shape index (κ3) is 8.11. The number of nitrogens with one attached hydrogen (secondary N) is 3. The maximum Gasteiger partial charge on any atom is 0.433 e. The number of hydrogen-bond donors (Lipinski definition) is 3. The highest BCUT2D eigenvalue weighted by Gasteiger charge is 2.38. The van der Waals surface area contributed by atoms with Crippen molar-refractivity contribution in [3.63, 3.8) is 0 Å². The molecule has 2 aliphatic rings. The molecule has 3 heterocycles. The van der Waals surface area contributed by atoms with E-state index in [-0.39, 0.29) is 47.5 Å². The highest BCUT2D eigenvalue weighted by Crippen LogP contribution is 2.35. The Morgan fingerprint density at radius 2 is 1.73 bits per heavy atom. The number of aromatic amines is 1. The molecule has 1 aromatic heterocycles. The molecule has 3 N–H and O–H groups in total. The number of rotatable bonds is 3. The summed E-state index contributed by atoms with van der Waals surface area (Å²) in [7, 11) is 0. The number of carbonyl (C=O) groups is 4. The predicted molar refractivity (Wildman–Crippen MR) is 173 cm³/mol. The fourth-order valence-electron chi connectivity index (χ4n) is 5.03.